The van der Waals surface area contributed by atoms with Crippen LogP contribution in [0.2, 0.25) is 0 Å². The summed E-state index contributed by atoms with van der Waals surface area (Å²) in [6.07, 6.45) is 0.845. The van der Waals surface area contributed by atoms with E-state index in [1.807, 2.05) is 32.9 Å². The van der Waals surface area contributed by atoms with Crippen LogP contribution in [-0.4, -0.2) is 27.7 Å². The van der Waals surface area contributed by atoms with Gasteiger partial charge in [0, 0.05) is 13.2 Å². The molecule has 0 unspecified atom stereocenters. The Kier molecular flexibility index (Phi) is 5.97. The van der Waals surface area contributed by atoms with E-state index in [0.29, 0.717) is 24.5 Å². The first-order valence-electron chi connectivity index (χ1n) is 6.51. The van der Waals surface area contributed by atoms with Crippen molar-refractivity contribution in [3.8, 4) is 0 Å². The third-order valence-corrected chi connectivity index (χ3v) is 4.30. The monoisotopic (exact) mass is 285 g/mol. The molecule has 1 aromatic rings. The average molecular weight is 285 g/mol. The van der Waals surface area contributed by atoms with Crippen molar-refractivity contribution in [2.75, 3.05) is 13.2 Å². The summed E-state index contributed by atoms with van der Waals surface area (Å²) >= 11 is 0. The Balaban J connectivity index is 2.59. The van der Waals surface area contributed by atoms with Crippen molar-refractivity contribution in [2.24, 2.45) is 0 Å². The van der Waals surface area contributed by atoms with Gasteiger partial charge in [0.15, 0.2) is 0 Å². The molecule has 0 amide bonds. The molecular weight excluding hydrogens is 262 g/mol. The van der Waals surface area contributed by atoms with Crippen molar-refractivity contribution in [3.05, 3.63) is 29.3 Å². The molecule has 0 radical (unpaired) electrons. The maximum atomic E-state index is 12.2. The highest BCUT2D eigenvalue weighted by molar-refractivity contribution is 7.89. The lowest BCUT2D eigenvalue weighted by atomic mass is 10.2. The van der Waals surface area contributed by atoms with Gasteiger partial charge in [0.05, 0.1) is 11.0 Å². The summed E-state index contributed by atoms with van der Waals surface area (Å²) in [5, 5.41) is 0. The van der Waals surface area contributed by atoms with Gasteiger partial charge in [-0.15, -0.1) is 0 Å². The van der Waals surface area contributed by atoms with Gasteiger partial charge in [0.25, 0.3) is 0 Å². The molecule has 0 heterocycles. The Morgan fingerprint density at radius 2 is 1.95 bits per heavy atom. The van der Waals surface area contributed by atoms with E-state index in [2.05, 4.69) is 4.72 Å². The number of hydrogen-bond acceptors (Lipinski definition) is 3. The van der Waals surface area contributed by atoms with E-state index in [0.717, 1.165) is 11.1 Å². The summed E-state index contributed by atoms with van der Waals surface area (Å²) in [7, 11) is -3.42. The van der Waals surface area contributed by atoms with Gasteiger partial charge in [-0.1, -0.05) is 12.1 Å². The van der Waals surface area contributed by atoms with Crippen LogP contribution < -0.4 is 4.72 Å². The number of ether oxygens (including phenoxy) is 1. The van der Waals surface area contributed by atoms with Crippen molar-refractivity contribution >= 4 is 10.0 Å². The molecule has 0 saturated heterocycles. The molecule has 0 fully saturated rings. The topological polar surface area (TPSA) is 55.4 Å². The molecule has 4 nitrogen and oxygen atoms in total. The van der Waals surface area contributed by atoms with Gasteiger partial charge in [0.1, 0.15) is 0 Å². The lowest BCUT2D eigenvalue weighted by molar-refractivity contribution is 0.0778. The summed E-state index contributed by atoms with van der Waals surface area (Å²) in [5.74, 6) is 0. The van der Waals surface area contributed by atoms with E-state index in [9.17, 15) is 8.42 Å². The van der Waals surface area contributed by atoms with Crippen LogP contribution in [0.5, 0.6) is 0 Å². The molecule has 19 heavy (non-hydrogen) atoms. The minimum atomic E-state index is -3.42. The second-order valence-electron chi connectivity index (χ2n) is 4.94. The van der Waals surface area contributed by atoms with E-state index < -0.39 is 10.0 Å². The second kappa shape index (κ2) is 7.03. The van der Waals surface area contributed by atoms with Gasteiger partial charge >= 0.3 is 0 Å². The highest BCUT2D eigenvalue weighted by atomic mass is 32.2. The zero-order valence-corrected chi connectivity index (χ0v) is 12.9. The number of aryl methyl sites for hydroxylation is 2. The van der Waals surface area contributed by atoms with Crippen LogP contribution in [0.4, 0.5) is 0 Å². The zero-order valence-electron chi connectivity index (χ0n) is 12.1. The zero-order chi connectivity index (χ0) is 14.5. The molecule has 0 aromatic heterocycles. The van der Waals surface area contributed by atoms with Crippen molar-refractivity contribution in [2.45, 2.75) is 45.1 Å². The third-order valence-electron chi connectivity index (χ3n) is 2.70. The largest absolute Gasteiger partial charge is 0.379 e. The Morgan fingerprint density at radius 3 is 2.58 bits per heavy atom. The number of rotatable bonds is 7. The van der Waals surface area contributed by atoms with Crippen LogP contribution in [0.15, 0.2) is 23.1 Å². The van der Waals surface area contributed by atoms with Crippen molar-refractivity contribution in [1.29, 1.82) is 0 Å². The van der Waals surface area contributed by atoms with Crippen LogP contribution in [0, 0.1) is 13.8 Å². The Bertz CT molecular complexity index is 509. The summed E-state index contributed by atoms with van der Waals surface area (Å²) in [6.45, 7) is 8.56. The predicted molar refractivity (Wildman–Crippen MR) is 76.8 cm³/mol. The minimum absolute atomic E-state index is 0.177. The molecule has 0 aliphatic heterocycles. The maximum Gasteiger partial charge on any atom is 0.240 e. The van der Waals surface area contributed by atoms with E-state index in [1.165, 1.54) is 0 Å². The normalized spacial score (nSPS) is 12.1. The molecule has 0 aliphatic rings. The maximum absolute atomic E-state index is 12.2. The fraction of sp³-hybridized carbons (Fsp3) is 0.571. The van der Waals surface area contributed by atoms with E-state index >= 15 is 0 Å². The molecule has 1 rings (SSSR count). The summed E-state index contributed by atoms with van der Waals surface area (Å²) in [6, 6.07) is 5.43. The van der Waals surface area contributed by atoms with Crippen molar-refractivity contribution in [1.82, 2.24) is 4.72 Å². The molecule has 0 aliphatic carbocycles. The van der Waals surface area contributed by atoms with Crippen LogP contribution in [0.25, 0.3) is 0 Å². The molecule has 108 valence electrons. The number of sulfonamides is 1. The summed E-state index contributed by atoms with van der Waals surface area (Å²) < 4.78 is 32.3. The van der Waals surface area contributed by atoms with Crippen LogP contribution in [0.1, 0.15) is 31.4 Å². The molecule has 1 N–H and O–H groups in total. The standard InChI is InChI=1S/C14H23NO3S/c1-11(2)18-9-5-8-15-19(16,17)14-10-12(3)6-7-13(14)4/h6-7,10-11,15H,5,8-9H2,1-4H3. The quantitative estimate of drug-likeness (QED) is 0.783. The predicted octanol–water partition coefficient (Wildman–Crippen LogP) is 2.40. The Labute approximate surface area is 116 Å². The second-order valence-corrected chi connectivity index (χ2v) is 6.68. The third kappa shape index (κ3) is 5.30. The van der Waals surface area contributed by atoms with Crippen LogP contribution >= 0.6 is 0 Å². The smallest absolute Gasteiger partial charge is 0.240 e. The summed E-state index contributed by atoms with van der Waals surface area (Å²) in [5.41, 5.74) is 1.70. The van der Waals surface area contributed by atoms with Gasteiger partial charge < -0.3 is 4.74 Å². The molecule has 0 spiro atoms. The molecular formula is C14H23NO3S. The fourth-order valence-electron chi connectivity index (χ4n) is 1.67. The van der Waals surface area contributed by atoms with Crippen LogP contribution in [0.3, 0.4) is 0 Å². The van der Waals surface area contributed by atoms with E-state index in [4.69, 9.17) is 4.74 Å². The fourth-order valence-corrected chi connectivity index (χ4v) is 3.07. The van der Waals surface area contributed by atoms with Gasteiger partial charge in [-0.05, 0) is 51.3 Å². The first kappa shape index (κ1) is 16.1. The first-order chi connectivity index (χ1) is 8.83. The van der Waals surface area contributed by atoms with Crippen molar-refractivity contribution < 1.29 is 13.2 Å². The lowest BCUT2D eigenvalue weighted by Crippen LogP contribution is -2.26. The highest BCUT2D eigenvalue weighted by Gasteiger charge is 2.15. The number of hydrogen-bond donors (Lipinski definition) is 1. The highest BCUT2D eigenvalue weighted by Crippen LogP contribution is 2.16. The Hall–Kier alpha value is -0.910. The van der Waals surface area contributed by atoms with E-state index in [-0.39, 0.29) is 6.10 Å². The molecule has 0 bridgehead atoms. The van der Waals surface area contributed by atoms with Gasteiger partial charge in [-0.3, -0.25) is 0 Å². The van der Waals surface area contributed by atoms with E-state index in [1.54, 1.807) is 13.0 Å². The lowest BCUT2D eigenvalue weighted by Gasteiger charge is -2.11. The van der Waals surface area contributed by atoms with Crippen molar-refractivity contribution in [3.63, 3.8) is 0 Å². The number of benzene rings is 1. The molecule has 0 atom stereocenters. The van der Waals surface area contributed by atoms with Gasteiger partial charge in [-0.25, -0.2) is 13.1 Å². The summed E-state index contributed by atoms with van der Waals surface area (Å²) in [4.78, 5) is 0.359. The average Bonchev–Trinajstić information content (AvgIpc) is 2.31. The molecule has 1 aromatic carbocycles. The van der Waals surface area contributed by atoms with Gasteiger partial charge in [0.2, 0.25) is 10.0 Å². The van der Waals surface area contributed by atoms with Crippen LogP contribution in [-0.2, 0) is 14.8 Å². The number of nitrogens with one attached hydrogen (secondary N) is 1. The van der Waals surface area contributed by atoms with Gasteiger partial charge in [-0.2, -0.15) is 0 Å². The first-order valence-corrected chi connectivity index (χ1v) is 8.00. The Morgan fingerprint density at radius 1 is 1.26 bits per heavy atom. The SMILES string of the molecule is Cc1ccc(C)c(S(=O)(=O)NCCCOC(C)C)c1. The minimum Gasteiger partial charge on any atom is -0.379 e. The molecule has 0 saturated carbocycles. The molecule has 5 heteroatoms.